The Bertz CT molecular complexity index is 906. The molecule has 132 valence electrons. The highest BCUT2D eigenvalue weighted by Gasteiger charge is 2.23. The summed E-state index contributed by atoms with van der Waals surface area (Å²) in [6.07, 6.45) is 1.93. The van der Waals surface area contributed by atoms with E-state index in [9.17, 15) is 9.18 Å². The molecule has 3 aromatic rings. The topological polar surface area (TPSA) is 60.7 Å². The summed E-state index contributed by atoms with van der Waals surface area (Å²) < 4.78 is 29.2. The van der Waals surface area contributed by atoms with Crippen LogP contribution in [0.4, 0.5) is 10.1 Å². The smallest absolute Gasteiger partial charge is 0.232 e. The van der Waals surface area contributed by atoms with E-state index in [1.54, 1.807) is 42.7 Å². The van der Waals surface area contributed by atoms with Crippen LogP contribution in [0.15, 0.2) is 65.3 Å². The lowest BCUT2D eigenvalue weighted by atomic mass is 9.93. The molecule has 2 aromatic carbocycles. The van der Waals surface area contributed by atoms with E-state index < -0.39 is 5.92 Å². The molecule has 4 rings (SSSR count). The van der Waals surface area contributed by atoms with Crippen molar-refractivity contribution < 1.29 is 23.1 Å². The number of carbonyl (C=O) groups is 1. The largest absolute Gasteiger partial charge is 0.469 e. The zero-order valence-electron chi connectivity index (χ0n) is 13.8. The molecule has 1 amide bonds. The summed E-state index contributed by atoms with van der Waals surface area (Å²) >= 11 is 0. The maximum atomic E-state index is 13.3. The van der Waals surface area contributed by atoms with Gasteiger partial charge in [0.05, 0.1) is 12.2 Å². The molecular formula is C20H16FNO4. The first-order valence-corrected chi connectivity index (χ1v) is 8.17. The molecule has 26 heavy (non-hydrogen) atoms. The van der Waals surface area contributed by atoms with E-state index in [-0.39, 0.29) is 18.5 Å². The van der Waals surface area contributed by atoms with Crippen LogP contribution < -0.4 is 14.8 Å². The van der Waals surface area contributed by atoms with Gasteiger partial charge in [0.25, 0.3) is 0 Å². The molecular weight excluding hydrogens is 337 g/mol. The third-order valence-electron chi connectivity index (χ3n) is 4.21. The van der Waals surface area contributed by atoms with Crippen molar-refractivity contribution >= 4 is 11.6 Å². The Balaban J connectivity index is 1.58. The molecule has 1 aromatic heterocycles. The van der Waals surface area contributed by atoms with E-state index in [0.29, 0.717) is 34.9 Å². The van der Waals surface area contributed by atoms with Crippen LogP contribution in [0.25, 0.3) is 0 Å². The van der Waals surface area contributed by atoms with Crippen LogP contribution in [-0.4, -0.2) is 12.7 Å². The quantitative estimate of drug-likeness (QED) is 0.750. The summed E-state index contributed by atoms with van der Waals surface area (Å²) in [5.41, 5.74) is 1.31. The van der Waals surface area contributed by atoms with Crippen molar-refractivity contribution in [2.24, 2.45) is 0 Å². The van der Waals surface area contributed by atoms with Gasteiger partial charge in [0.1, 0.15) is 11.6 Å². The Morgan fingerprint density at radius 1 is 1.08 bits per heavy atom. The number of anilines is 1. The van der Waals surface area contributed by atoms with Crippen molar-refractivity contribution in [1.82, 2.24) is 0 Å². The van der Waals surface area contributed by atoms with Gasteiger partial charge in [-0.1, -0.05) is 12.1 Å². The number of benzene rings is 2. The van der Waals surface area contributed by atoms with Crippen molar-refractivity contribution in [2.75, 3.05) is 12.1 Å². The van der Waals surface area contributed by atoms with E-state index >= 15 is 0 Å². The molecule has 1 N–H and O–H groups in total. The van der Waals surface area contributed by atoms with E-state index in [1.165, 1.54) is 12.1 Å². The highest BCUT2D eigenvalue weighted by molar-refractivity contribution is 5.96. The lowest BCUT2D eigenvalue weighted by Gasteiger charge is -2.16. The Hall–Kier alpha value is -3.28. The van der Waals surface area contributed by atoms with Gasteiger partial charge in [-0.05, 0) is 42.0 Å². The molecule has 0 radical (unpaired) electrons. The first kappa shape index (κ1) is 16.2. The number of halogens is 1. The molecule has 0 bridgehead atoms. The summed E-state index contributed by atoms with van der Waals surface area (Å²) in [7, 11) is 0. The molecule has 1 atom stereocenters. The van der Waals surface area contributed by atoms with E-state index in [1.807, 2.05) is 6.07 Å². The minimum atomic E-state index is -0.521. The molecule has 0 aliphatic carbocycles. The van der Waals surface area contributed by atoms with Crippen LogP contribution in [0.3, 0.4) is 0 Å². The zero-order valence-corrected chi connectivity index (χ0v) is 13.8. The first-order valence-electron chi connectivity index (χ1n) is 8.17. The number of amides is 1. The minimum absolute atomic E-state index is 0.170. The van der Waals surface area contributed by atoms with Gasteiger partial charge in [-0.3, -0.25) is 4.79 Å². The van der Waals surface area contributed by atoms with Crippen LogP contribution in [0.1, 0.15) is 17.2 Å². The summed E-state index contributed by atoms with van der Waals surface area (Å²) in [6, 6.07) is 14.7. The van der Waals surface area contributed by atoms with Gasteiger partial charge < -0.3 is 19.2 Å². The van der Waals surface area contributed by atoms with E-state index in [0.717, 1.165) is 0 Å². The number of carbonyl (C=O) groups excluding carboxylic acids is 1. The maximum Gasteiger partial charge on any atom is 0.232 e. The third-order valence-corrected chi connectivity index (χ3v) is 4.21. The molecule has 6 heteroatoms. The van der Waals surface area contributed by atoms with Gasteiger partial charge in [-0.2, -0.15) is 0 Å². The highest BCUT2D eigenvalue weighted by atomic mass is 19.1. The standard InChI is InChI=1S/C20H16FNO4/c21-14-5-3-13(4-6-14)17(11-16-2-1-9-24-16)20(23)22-15-7-8-18-19(10-15)26-12-25-18/h1-10,17H,11-12H2,(H,22,23). The molecule has 1 aliphatic heterocycles. The number of hydrogen-bond donors (Lipinski definition) is 1. The van der Waals surface area contributed by atoms with Crippen LogP contribution in [0, 0.1) is 5.82 Å². The van der Waals surface area contributed by atoms with Gasteiger partial charge in [0.15, 0.2) is 11.5 Å². The molecule has 0 fully saturated rings. The van der Waals surface area contributed by atoms with Crippen molar-refractivity contribution in [2.45, 2.75) is 12.3 Å². The van der Waals surface area contributed by atoms with Crippen molar-refractivity contribution in [3.8, 4) is 11.5 Å². The van der Waals surface area contributed by atoms with Crippen molar-refractivity contribution in [1.29, 1.82) is 0 Å². The summed E-state index contributed by atoms with van der Waals surface area (Å²) in [6.45, 7) is 0.170. The molecule has 0 saturated heterocycles. The molecule has 1 aliphatic rings. The summed E-state index contributed by atoms with van der Waals surface area (Å²) in [4.78, 5) is 12.9. The fourth-order valence-corrected chi connectivity index (χ4v) is 2.89. The Morgan fingerprint density at radius 2 is 1.88 bits per heavy atom. The maximum absolute atomic E-state index is 13.3. The van der Waals surface area contributed by atoms with E-state index in [2.05, 4.69) is 5.32 Å². The molecule has 0 saturated carbocycles. The molecule has 5 nitrogen and oxygen atoms in total. The fourth-order valence-electron chi connectivity index (χ4n) is 2.89. The second-order valence-electron chi connectivity index (χ2n) is 5.94. The summed E-state index contributed by atoms with van der Waals surface area (Å²) in [5, 5.41) is 2.89. The number of ether oxygens (including phenoxy) is 2. The SMILES string of the molecule is O=C(Nc1ccc2c(c1)OCO2)C(Cc1ccco1)c1ccc(F)cc1. The fraction of sp³-hybridized carbons (Fsp3) is 0.150. The second kappa shape index (κ2) is 6.92. The van der Waals surface area contributed by atoms with Gasteiger partial charge in [-0.25, -0.2) is 4.39 Å². The second-order valence-corrected chi connectivity index (χ2v) is 5.94. The van der Waals surface area contributed by atoms with Gasteiger partial charge in [0, 0.05) is 18.2 Å². The average molecular weight is 353 g/mol. The monoisotopic (exact) mass is 353 g/mol. The number of nitrogens with one attached hydrogen (secondary N) is 1. The third kappa shape index (κ3) is 3.39. The predicted molar refractivity (Wildman–Crippen MR) is 92.7 cm³/mol. The zero-order chi connectivity index (χ0) is 17.9. The Labute approximate surface area is 149 Å². The van der Waals surface area contributed by atoms with Crippen molar-refractivity contribution in [3.05, 3.63) is 78.0 Å². The van der Waals surface area contributed by atoms with Crippen LogP contribution in [0.5, 0.6) is 11.5 Å². The lowest BCUT2D eigenvalue weighted by Crippen LogP contribution is -2.23. The molecule has 1 unspecified atom stereocenters. The summed E-state index contributed by atoms with van der Waals surface area (Å²) in [5.74, 6) is 0.835. The van der Waals surface area contributed by atoms with Gasteiger partial charge in [-0.15, -0.1) is 0 Å². The molecule has 2 heterocycles. The first-order chi connectivity index (χ1) is 12.7. The molecule has 0 spiro atoms. The number of furan rings is 1. The van der Waals surface area contributed by atoms with Crippen LogP contribution in [0.2, 0.25) is 0 Å². The predicted octanol–water partition coefficient (Wildman–Crippen LogP) is 4.11. The lowest BCUT2D eigenvalue weighted by molar-refractivity contribution is -0.117. The normalized spacial score (nSPS) is 13.4. The van der Waals surface area contributed by atoms with Crippen molar-refractivity contribution in [3.63, 3.8) is 0 Å². The highest BCUT2D eigenvalue weighted by Crippen LogP contribution is 2.34. The van der Waals surface area contributed by atoms with E-state index in [4.69, 9.17) is 13.9 Å². The Kier molecular flexibility index (Phi) is 4.31. The minimum Gasteiger partial charge on any atom is -0.469 e. The Morgan fingerprint density at radius 3 is 2.65 bits per heavy atom. The number of fused-ring (bicyclic) bond motifs is 1. The number of hydrogen-bond acceptors (Lipinski definition) is 4. The van der Waals surface area contributed by atoms with Crippen LogP contribution >= 0.6 is 0 Å². The average Bonchev–Trinajstić information content (AvgIpc) is 3.31. The van der Waals surface area contributed by atoms with Crippen LogP contribution in [-0.2, 0) is 11.2 Å². The van der Waals surface area contributed by atoms with Gasteiger partial charge in [0.2, 0.25) is 12.7 Å². The number of rotatable bonds is 5. The van der Waals surface area contributed by atoms with Gasteiger partial charge >= 0.3 is 0 Å².